The molecule has 0 fully saturated rings. The van der Waals surface area contributed by atoms with Gasteiger partial charge in [-0.2, -0.15) is 0 Å². The predicted molar refractivity (Wildman–Crippen MR) is 97.5 cm³/mol. The molecule has 6 nitrogen and oxygen atoms in total. The molecule has 7 heteroatoms. The first-order valence-corrected chi connectivity index (χ1v) is 8.55. The summed E-state index contributed by atoms with van der Waals surface area (Å²) in [7, 11) is 2.53. The lowest BCUT2D eigenvalue weighted by molar-refractivity contribution is -0.157. The van der Waals surface area contributed by atoms with Crippen LogP contribution in [0.5, 0.6) is 11.5 Å². The number of halogens is 1. The van der Waals surface area contributed by atoms with Crippen LogP contribution in [-0.2, 0) is 9.53 Å². The highest BCUT2D eigenvalue weighted by atomic mass is 19.1. The molecule has 144 valence electrons. The summed E-state index contributed by atoms with van der Waals surface area (Å²) in [6.45, 7) is 1.79. The molecule has 2 heterocycles. The average Bonchev–Trinajstić information content (AvgIpc) is 3.11. The number of benzene rings is 2. The summed E-state index contributed by atoms with van der Waals surface area (Å²) in [5, 5.41) is 0.566. The Hall–Kier alpha value is -3.35. The van der Waals surface area contributed by atoms with Crippen molar-refractivity contribution in [2.45, 2.75) is 18.7 Å². The van der Waals surface area contributed by atoms with Gasteiger partial charge in [-0.1, -0.05) is 12.1 Å². The topological polar surface area (TPSA) is 75.0 Å². The van der Waals surface area contributed by atoms with Crippen LogP contribution in [0.3, 0.4) is 0 Å². The van der Waals surface area contributed by atoms with E-state index in [1.54, 1.807) is 37.3 Å². The molecule has 0 amide bonds. The van der Waals surface area contributed by atoms with E-state index in [0.29, 0.717) is 22.3 Å². The van der Waals surface area contributed by atoms with Crippen LogP contribution in [0.2, 0.25) is 0 Å². The third-order valence-corrected chi connectivity index (χ3v) is 4.95. The van der Waals surface area contributed by atoms with Gasteiger partial charge in [-0.05, 0) is 42.3 Å². The minimum absolute atomic E-state index is 0.0327. The van der Waals surface area contributed by atoms with Crippen molar-refractivity contribution in [1.82, 2.24) is 0 Å². The van der Waals surface area contributed by atoms with Crippen molar-refractivity contribution in [1.29, 1.82) is 0 Å². The molecule has 28 heavy (non-hydrogen) atoms. The minimum Gasteiger partial charge on any atom is -0.497 e. The quantitative estimate of drug-likeness (QED) is 0.503. The molecular weight excluding hydrogens is 367 g/mol. The highest BCUT2D eigenvalue weighted by molar-refractivity contribution is 6.20. The largest absolute Gasteiger partial charge is 0.497 e. The number of carbonyl (C=O) groups excluding carboxylic acids is 2. The summed E-state index contributed by atoms with van der Waals surface area (Å²) in [5.74, 6) is -1.59. The third-order valence-electron chi connectivity index (χ3n) is 4.95. The molecule has 0 saturated carbocycles. The third kappa shape index (κ3) is 2.39. The number of fused-ring (bicyclic) bond motifs is 3. The molecule has 2 unspecified atom stereocenters. The number of hydrogen-bond donors (Lipinski definition) is 0. The van der Waals surface area contributed by atoms with E-state index >= 15 is 4.39 Å². The lowest BCUT2D eigenvalue weighted by Crippen LogP contribution is -2.52. The second kappa shape index (κ2) is 6.37. The zero-order valence-electron chi connectivity index (χ0n) is 15.4. The van der Waals surface area contributed by atoms with E-state index in [-0.39, 0.29) is 11.3 Å². The van der Waals surface area contributed by atoms with Gasteiger partial charge in [0.25, 0.3) is 0 Å². The smallest absolute Gasteiger partial charge is 0.356 e. The Bertz CT molecular complexity index is 1080. The molecule has 0 aliphatic carbocycles. The molecule has 3 aromatic rings. The maximum atomic E-state index is 16.0. The van der Waals surface area contributed by atoms with Crippen molar-refractivity contribution in [2.75, 3.05) is 14.2 Å². The van der Waals surface area contributed by atoms with E-state index in [0.717, 1.165) is 12.7 Å². The van der Waals surface area contributed by atoms with Crippen molar-refractivity contribution in [3.8, 4) is 11.5 Å². The molecule has 0 radical (unpaired) electrons. The van der Waals surface area contributed by atoms with E-state index in [1.807, 2.05) is 0 Å². The van der Waals surface area contributed by atoms with Crippen LogP contribution >= 0.6 is 0 Å². The lowest BCUT2D eigenvalue weighted by Gasteiger charge is -2.35. The molecule has 0 saturated heterocycles. The zero-order chi connectivity index (χ0) is 20.1. The summed E-state index contributed by atoms with van der Waals surface area (Å²) >= 11 is 0. The van der Waals surface area contributed by atoms with Crippen LogP contribution in [-0.4, -0.2) is 31.6 Å². The van der Waals surface area contributed by atoms with E-state index < -0.39 is 23.5 Å². The summed E-state index contributed by atoms with van der Waals surface area (Å²) in [6.07, 6.45) is 0.00412. The SMILES string of the molecule is COC(=O)C1(F)C(=O)c2ccc3occ(C)c3c2OC1c1ccc(OC)cc1. The fourth-order valence-electron chi connectivity index (χ4n) is 3.49. The van der Waals surface area contributed by atoms with Gasteiger partial charge in [0.05, 0.1) is 31.4 Å². The zero-order valence-corrected chi connectivity index (χ0v) is 15.4. The second-order valence-electron chi connectivity index (χ2n) is 6.54. The van der Waals surface area contributed by atoms with Gasteiger partial charge in [0.2, 0.25) is 5.78 Å². The summed E-state index contributed by atoms with van der Waals surface area (Å²) in [6, 6.07) is 9.22. The van der Waals surface area contributed by atoms with Crippen molar-refractivity contribution in [2.24, 2.45) is 0 Å². The standard InChI is InChI=1S/C21H17FO6/c1-11-10-27-15-9-8-14-17(16(11)15)28-19(12-4-6-13(25-2)7-5-12)21(22,18(14)23)20(24)26-3/h4-10,19H,1-3H3. The highest BCUT2D eigenvalue weighted by Gasteiger charge is 2.60. The first-order valence-electron chi connectivity index (χ1n) is 8.55. The Morgan fingerprint density at radius 3 is 2.50 bits per heavy atom. The predicted octanol–water partition coefficient (Wildman–Crippen LogP) is 3.95. The van der Waals surface area contributed by atoms with Gasteiger partial charge in [-0.25, -0.2) is 9.18 Å². The number of rotatable bonds is 3. The summed E-state index contributed by atoms with van der Waals surface area (Å²) < 4.78 is 37.1. The van der Waals surface area contributed by atoms with E-state index in [4.69, 9.17) is 13.9 Å². The molecule has 1 aliphatic heterocycles. The lowest BCUT2D eigenvalue weighted by atomic mass is 9.82. The normalized spacial score (nSPS) is 21.1. The summed E-state index contributed by atoms with van der Waals surface area (Å²) in [4.78, 5) is 25.5. The Morgan fingerprint density at radius 2 is 1.86 bits per heavy atom. The van der Waals surface area contributed by atoms with E-state index in [9.17, 15) is 9.59 Å². The first kappa shape index (κ1) is 18.0. The van der Waals surface area contributed by atoms with Gasteiger partial charge in [-0.3, -0.25) is 4.79 Å². The van der Waals surface area contributed by atoms with Gasteiger partial charge in [0, 0.05) is 0 Å². The molecule has 0 bridgehead atoms. The monoisotopic (exact) mass is 384 g/mol. The van der Waals surface area contributed by atoms with Crippen molar-refractivity contribution >= 4 is 22.7 Å². The molecule has 1 aliphatic rings. The van der Waals surface area contributed by atoms with Crippen LogP contribution in [0.4, 0.5) is 4.39 Å². The Balaban J connectivity index is 1.95. The van der Waals surface area contributed by atoms with Gasteiger partial charge >= 0.3 is 11.6 Å². The number of Topliss-reactive ketones (excluding diaryl/α,β-unsaturated/α-hetero) is 1. The Morgan fingerprint density at radius 1 is 1.14 bits per heavy atom. The Labute approximate surface area is 159 Å². The maximum Gasteiger partial charge on any atom is 0.356 e. The summed E-state index contributed by atoms with van der Waals surface area (Å²) in [5.41, 5.74) is -1.53. The fraction of sp³-hybridized carbons (Fsp3) is 0.238. The Kier molecular flexibility index (Phi) is 4.10. The van der Waals surface area contributed by atoms with Gasteiger partial charge in [-0.15, -0.1) is 0 Å². The minimum atomic E-state index is -3.03. The average molecular weight is 384 g/mol. The number of alkyl halides is 1. The van der Waals surface area contributed by atoms with Crippen LogP contribution in [0, 0.1) is 6.92 Å². The molecule has 2 aromatic carbocycles. The molecule has 4 rings (SSSR count). The van der Waals surface area contributed by atoms with E-state index in [2.05, 4.69) is 4.74 Å². The van der Waals surface area contributed by atoms with E-state index in [1.165, 1.54) is 19.4 Å². The molecular formula is C21H17FO6. The molecule has 0 N–H and O–H groups in total. The van der Waals surface area contributed by atoms with Crippen LogP contribution in [0.15, 0.2) is 47.1 Å². The molecule has 2 atom stereocenters. The second-order valence-corrected chi connectivity index (χ2v) is 6.54. The molecule has 0 spiro atoms. The van der Waals surface area contributed by atoms with Crippen LogP contribution < -0.4 is 9.47 Å². The van der Waals surface area contributed by atoms with Crippen molar-refractivity contribution < 1.29 is 32.6 Å². The van der Waals surface area contributed by atoms with Crippen LogP contribution in [0.25, 0.3) is 11.0 Å². The number of carbonyl (C=O) groups is 2. The first-order chi connectivity index (χ1) is 13.4. The number of aryl methyl sites for hydroxylation is 1. The number of furan rings is 1. The van der Waals surface area contributed by atoms with Gasteiger partial charge in [0.1, 0.15) is 17.1 Å². The number of ketones is 1. The number of hydrogen-bond acceptors (Lipinski definition) is 6. The fourth-order valence-corrected chi connectivity index (χ4v) is 3.49. The number of methoxy groups -OCH3 is 2. The van der Waals surface area contributed by atoms with Gasteiger partial charge < -0.3 is 18.6 Å². The maximum absolute atomic E-state index is 16.0. The number of ether oxygens (including phenoxy) is 3. The van der Waals surface area contributed by atoms with Crippen molar-refractivity contribution in [3.05, 3.63) is 59.4 Å². The highest BCUT2D eigenvalue weighted by Crippen LogP contribution is 2.48. The van der Waals surface area contributed by atoms with Crippen LogP contribution in [0.1, 0.15) is 27.6 Å². The van der Waals surface area contributed by atoms with Crippen molar-refractivity contribution in [3.63, 3.8) is 0 Å². The molecule has 1 aromatic heterocycles. The van der Waals surface area contributed by atoms with Gasteiger partial charge in [0.15, 0.2) is 6.10 Å². The number of esters is 1.